The van der Waals surface area contributed by atoms with Gasteiger partial charge in [0, 0.05) is 18.1 Å². The average Bonchev–Trinajstić information content (AvgIpc) is 2.63. The third-order valence-corrected chi connectivity index (χ3v) is 2.86. The first kappa shape index (κ1) is 14.1. The largest absolute Gasteiger partial charge is 0.348 e. The normalized spacial score (nSPS) is 11.8. The monoisotopic (exact) mass is 255 g/mol. The summed E-state index contributed by atoms with van der Waals surface area (Å²) < 4.78 is 0. The summed E-state index contributed by atoms with van der Waals surface area (Å²) in [5.41, 5.74) is 0.213. The Morgan fingerprint density at radius 3 is 2.76 bits per heavy atom. The van der Waals surface area contributed by atoms with Gasteiger partial charge in [0.25, 0.3) is 0 Å². The van der Waals surface area contributed by atoms with Crippen molar-refractivity contribution in [2.45, 2.75) is 27.3 Å². The highest BCUT2D eigenvalue weighted by Gasteiger charge is 2.15. The maximum atomic E-state index is 11.7. The van der Waals surface area contributed by atoms with Gasteiger partial charge in [-0.1, -0.05) is 20.8 Å². The van der Waals surface area contributed by atoms with E-state index in [-0.39, 0.29) is 11.3 Å². The van der Waals surface area contributed by atoms with Crippen LogP contribution in [-0.4, -0.2) is 35.9 Å². The van der Waals surface area contributed by atoms with Gasteiger partial charge in [-0.15, -0.1) is 11.3 Å². The zero-order valence-corrected chi connectivity index (χ0v) is 11.8. The van der Waals surface area contributed by atoms with Crippen molar-refractivity contribution in [3.05, 3.63) is 16.6 Å². The van der Waals surface area contributed by atoms with Crippen LogP contribution in [0.4, 0.5) is 0 Å². The molecule has 1 N–H and O–H groups in total. The van der Waals surface area contributed by atoms with Crippen molar-refractivity contribution in [2.75, 3.05) is 20.1 Å². The third kappa shape index (κ3) is 6.38. The summed E-state index contributed by atoms with van der Waals surface area (Å²) in [5.74, 6) is 0.0481. The topological polar surface area (TPSA) is 45.2 Å². The van der Waals surface area contributed by atoms with Gasteiger partial charge in [-0.05, 0) is 12.5 Å². The SMILES string of the molecule is CN(CC(=O)NCc1nccs1)CC(C)(C)C. The highest BCUT2D eigenvalue weighted by molar-refractivity contribution is 7.09. The molecule has 0 atom stereocenters. The number of hydrogen-bond acceptors (Lipinski definition) is 4. The highest BCUT2D eigenvalue weighted by atomic mass is 32.1. The molecule has 0 aliphatic heterocycles. The molecule has 1 amide bonds. The predicted molar refractivity (Wildman–Crippen MR) is 70.9 cm³/mol. The zero-order chi connectivity index (χ0) is 12.9. The van der Waals surface area contributed by atoms with Gasteiger partial charge in [-0.25, -0.2) is 4.98 Å². The second kappa shape index (κ2) is 6.12. The summed E-state index contributed by atoms with van der Waals surface area (Å²) in [4.78, 5) is 17.8. The van der Waals surface area contributed by atoms with E-state index in [9.17, 15) is 4.79 Å². The summed E-state index contributed by atoms with van der Waals surface area (Å²) in [6.45, 7) is 8.35. The van der Waals surface area contributed by atoms with Gasteiger partial charge in [-0.2, -0.15) is 0 Å². The van der Waals surface area contributed by atoms with E-state index in [1.54, 1.807) is 17.5 Å². The van der Waals surface area contributed by atoms with Gasteiger partial charge in [0.1, 0.15) is 5.01 Å². The lowest BCUT2D eigenvalue weighted by molar-refractivity contribution is -0.122. The fourth-order valence-electron chi connectivity index (χ4n) is 1.68. The molecule has 1 aromatic heterocycles. The molecule has 1 heterocycles. The van der Waals surface area contributed by atoms with Crippen LogP contribution < -0.4 is 5.32 Å². The minimum atomic E-state index is 0.0481. The molecule has 0 radical (unpaired) electrons. The maximum Gasteiger partial charge on any atom is 0.234 e. The number of hydrogen-bond donors (Lipinski definition) is 1. The first-order valence-corrected chi connectivity index (χ1v) is 6.58. The third-order valence-electron chi connectivity index (χ3n) is 2.08. The summed E-state index contributed by atoms with van der Waals surface area (Å²) in [5, 5.41) is 5.72. The lowest BCUT2D eigenvalue weighted by atomic mass is 9.96. The van der Waals surface area contributed by atoms with E-state index < -0.39 is 0 Å². The second-order valence-corrected chi connectivity index (χ2v) is 6.41. The van der Waals surface area contributed by atoms with Crippen LogP contribution in [0.15, 0.2) is 11.6 Å². The molecule has 0 spiro atoms. The Kier molecular flexibility index (Phi) is 5.08. The number of amides is 1. The Morgan fingerprint density at radius 1 is 1.53 bits per heavy atom. The Labute approximate surface area is 107 Å². The predicted octanol–water partition coefficient (Wildman–Crippen LogP) is 1.74. The molecule has 0 aliphatic rings. The lowest BCUT2D eigenvalue weighted by Crippen LogP contribution is -2.38. The molecule has 0 aromatic carbocycles. The molecule has 0 fully saturated rings. The molecule has 17 heavy (non-hydrogen) atoms. The van der Waals surface area contributed by atoms with E-state index in [4.69, 9.17) is 0 Å². The molecule has 0 aliphatic carbocycles. The van der Waals surface area contributed by atoms with Crippen LogP contribution in [0.2, 0.25) is 0 Å². The van der Waals surface area contributed by atoms with Crippen molar-refractivity contribution >= 4 is 17.2 Å². The number of rotatable bonds is 5. The number of carbonyl (C=O) groups is 1. The van der Waals surface area contributed by atoms with Gasteiger partial charge >= 0.3 is 0 Å². The smallest absolute Gasteiger partial charge is 0.234 e. The van der Waals surface area contributed by atoms with Crippen LogP contribution in [0.1, 0.15) is 25.8 Å². The standard InChI is InChI=1S/C12H21N3OS/c1-12(2,3)9-15(4)8-10(16)14-7-11-13-5-6-17-11/h5-6H,7-9H2,1-4H3,(H,14,16). The Morgan fingerprint density at radius 2 is 2.24 bits per heavy atom. The van der Waals surface area contributed by atoms with Crippen LogP contribution in [0.5, 0.6) is 0 Å². The van der Waals surface area contributed by atoms with E-state index >= 15 is 0 Å². The Bertz CT molecular complexity index is 343. The van der Waals surface area contributed by atoms with Crippen LogP contribution in [0.3, 0.4) is 0 Å². The Hall–Kier alpha value is -0.940. The lowest BCUT2D eigenvalue weighted by Gasteiger charge is -2.25. The summed E-state index contributed by atoms with van der Waals surface area (Å²) in [7, 11) is 1.97. The van der Waals surface area contributed by atoms with E-state index in [0.717, 1.165) is 11.6 Å². The van der Waals surface area contributed by atoms with E-state index in [0.29, 0.717) is 13.1 Å². The van der Waals surface area contributed by atoms with Crippen molar-refractivity contribution in [3.8, 4) is 0 Å². The van der Waals surface area contributed by atoms with Crippen molar-refractivity contribution in [1.82, 2.24) is 15.2 Å². The first-order valence-electron chi connectivity index (χ1n) is 5.70. The molecule has 1 rings (SSSR count). The van der Waals surface area contributed by atoms with Crippen LogP contribution in [0, 0.1) is 5.41 Å². The number of nitrogens with one attached hydrogen (secondary N) is 1. The molecular formula is C12H21N3OS. The van der Waals surface area contributed by atoms with Crippen LogP contribution in [0.25, 0.3) is 0 Å². The molecule has 5 heteroatoms. The van der Waals surface area contributed by atoms with Crippen molar-refractivity contribution in [3.63, 3.8) is 0 Å². The van der Waals surface area contributed by atoms with Crippen LogP contribution >= 0.6 is 11.3 Å². The molecule has 1 aromatic rings. The fourth-order valence-corrected chi connectivity index (χ4v) is 2.24. The van der Waals surface area contributed by atoms with Crippen molar-refractivity contribution < 1.29 is 4.79 Å². The number of thiazole rings is 1. The minimum Gasteiger partial charge on any atom is -0.348 e. The fraction of sp³-hybridized carbons (Fsp3) is 0.667. The number of likely N-dealkylation sites (N-methyl/N-ethyl adjacent to an activating group) is 1. The van der Waals surface area contributed by atoms with Gasteiger partial charge in [0.2, 0.25) is 5.91 Å². The number of aromatic nitrogens is 1. The summed E-state index contributed by atoms with van der Waals surface area (Å²) >= 11 is 1.55. The Balaban J connectivity index is 2.25. The van der Waals surface area contributed by atoms with E-state index in [1.807, 2.05) is 17.3 Å². The molecule has 0 unspecified atom stereocenters. The minimum absolute atomic E-state index is 0.0481. The van der Waals surface area contributed by atoms with Crippen molar-refractivity contribution in [2.24, 2.45) is 5.41 Å². The zero-order valence-electron chi connectivity index (χ0n) is 11.0. The molecule has 0 saturated heterocycles. The van der Waals surface area contributed by atoms with Crippen LogP contribution in [-0.2, 0) is 11.3 Å². The first-order chi connectivity index (χ1) is 7.87. The molecule has 0 saturated carbocycles. The average molecular weight is 255 g/mol. The van der Waals surface area contributed by atoms with Gasteiger partial charge < -0.3 is 5.32 Å². The maximum absolute atomic E-state index is 11.7. The molecular weight excluding hydrogens is 234 g/mol. The highest BCUT2D eigenvalue weighted by Crippen LogP contribution is 2.13. The second-order valence-electron chi connectivity index (χ2n) is 5.44. The van der Waals surface area contributed by atoms with Gasteiger partial charge in [0.05, 0.1) is 13.1 Å². The van der Waals surface area contributed by atoms with Gasteiger partial charge in [0.15, 0.2) is 0 Å². The summed E-state index contributed by atoms with van der Waals surface area (Å²) in [6.07, 6.45) is 1.75. The molecule has 4 nitrogen and oxygen atoms in total. The van der Waals surface area contributed by atoms with E-state index in [2.05, 4.69) is 31.1 Å². The van der Waals surface area contributed by atoms with Gasteiger partial charge in [-0.3, -0.25) is 9.69 Å². The molecule has 0 bridgehead atoms. The van der Waals surface area contributed by atoms with Crippen molar-refractivity contribution in [1.29, 1.82) is 0 Å². The number of nitrogens with zero attached hydrogens (tertiary/aromatic N) is 2. The quantitative estimate of drug-likeness (QED) is 0.871. The molecule has 96 valence electrons. The number of carbonyl (C=O) groups excluding carboxylic acids is 1. The summed E-state index contributed by atoms with van der Waals surface area (Å²) in [6, 6.07) is 0. The van der Waals surface area contributed by atoms with E-state index in [1.165, 1.54) is 0 Å².